The van der Waals surface area contributed by atoms with E-state index < -0.39 is 24.7 Å². The van der Waals surface area contributed by atoms with Gasteiger partial charge in [-0.2, -0.15) is 18.4 Å². The van der Waals surface area contributed by atoms with E-state index in [2.05, 4.69) is 16.4 Å². The number of alkyl halides is 3. The maximum absolute atomic E-state index is 12.6. The van der Waals surface area contributed by atoms with E-state index in [1.165, 1.54) is 14.0 Å². The number of hydrogen-bond donors (Lipinski definition) is 1. The molecule has 1 aliphatic rings. The Morgan fingerprint density at radius 1 is 1.41 bits per heavy atom. The molecule has 1 fully saturated rings. The predicted molar refractivity (Wildman–Crippen MR) is 105 cm³/mol. The van der Waals surface area contributed by atoms with Gasteiger partial charge in [-0.15, -0.1) is 0 Å². The summed E-state index contributed by atoms with van der Waals surface area (Å²) >= 11 is 0. The second kappa shape index (κ2) is 9.27. The molecule has 6 nitrogen and oxygen atoms in total. The minimum absolute atomic E-state index is 0.155. The highest BCUT2D eigenvalue weighted by molar-refractivity contribution is 5.95. The molecule has 29 heavy (non-hydrogen) atoms. The molecule has 1 saturated carbocycles. The Morgan fingerprint density at radius 3 is 2.59 bits per heavy atom. The molecule has 1 amide bonds. The molecule has 0 aliphatic heterocycles. The Morgan fingerprint density at radius 2 is 2.07 bits per heavy atom. The lowest BCUT2D eigenvalue weighted by Crippen LogP contribution is -2.44. The number of amides is 1. The lowest BCUT2D eigenvalue weighted by molar-refractivity contribution is -0.149. The molecule has 0 unspecified atom stereocenters. The molecular weight excluding hydrogens is 383 g/mol. The smallest absolute Gasteiger partial charge is 0.307 e. The summed E-state index contributed by atoms with van der Waals surface area (Å²) in [5.41, 5.74) is 1.86. The molecular formula is C20H26F3N5O. The van der Waals surface area contributed by atoms with Crippen LogP contribution in [0.1, 0.15) is 51.6 Å². The maximum Gasteiger partial charge on any atom is 0.401 e. The van der Waals surface area contributed by atoms with Gasteiger partial charge in [0, 0.05) is 6.04 Å². The van der Waals surface area contributed by atoms with Crippen molar-refractivity contribution in [1.82, 2.24) is 14.5 Å². The third kappa shape index (κ3) is 5.26. The molecule has 1 aromatic heterocycles. The molecule has 0 radical (unpaired) electrons. The van der Waals surface area contributed by atoms with Crippen molar-refractivity contribution in [3.05, 3.63) is 23.8 Å². The zero-order chi connectivity index (χ0) is 21.8. The number of carbonyl (C=O) groups is 1. The van der Waals surface area contributed by atoms with Crippen molar-refractivity contribution in [2.24, 2.45) is 0 Å². The number of fused-ring (bicyclic) bond motifs is 1. The van der Waals surface area contributed by atoms with Crippen molar-refractivity contribution < 1.29 is 18.0 Å². The number of nitrogens with zero attached hydrogens (tertiary/aromatic N) is 4. The van der Waals surface area contributed by atoms with Gasteiger partial charge >= 0.3 is 6.18 Å². The standard InChI is InChI=1S/C18H20F3N5O.C2H6/c1-11(25(2)10-18(19,20)21)16(27)24-17-23-14-7-6-12(9-22)8-15(14)26(17)13-4-3-5-13;1-2/h6-8,11,13H,3-5,10H2,1-2H3,(H,23,24,27);1-2H3/t11-;/m1./s1. The number of aromatic nitrogens is 2. The first-order chi connectivity index (χ1) is 13.7. The van der Waals surface area contributed by atoms with E-state index in [1.807, 2.05) is 18.4 Å². The fraction of sp³-hybridized carbons (Fsp3) is 0.550. The fourth-order valence-electron chi connectivity index (χ4n) is 3.10. The van der Waals surface area contributed by atoms with Gasteiger partial charge < -0.3 is 4.57 Å². The maximum atomic E-state index is 12.6. The zero-order valence-corrected chi connectivity index (χ0v) is 17.0. The number of carbonyl (C=O) groups excluding carboxylic acids is 1. The SMILES string of the molecule is CC.C[C@H](C(=O)Nc1nc2ccc(C#N)cc2n1C1CCC1)N(C)CC(F)(F)F. The summed E-state index contributed by atoms with van der Waals surface area (Å²) < 4.78 is 39.6. The van der Waals surface area contributed by atoms with E-state index in [1.54, 1.807) is 18.2 Å². The van der Waals surface area contributed by atoms with E-state index in [4.69, 9.17) is 5.26 Å². The topological polar surface area (TPSA) is 74.0 Å². The van der Waals surface area contributed by atoms with E-state index in [0.29, 0.717) is 17.0 Å². The van der Waals surface area contributed by atoms with Gasteiger partial charge in [-0.25, -0.2) is 4.98 Å². The van der Waals surface area contributed by atoms with Crippen molar-refractivity contribution in [3.8, 4) is 6.07 Å². The Labute approximate surface area is 168 Å². The van der Waals surface area contributed by atoms with Crippen molar-refractivity contribution in [3.63, 3.8) is 0 Å². The van der Waals surface area contributed by atoms with Crippen molar-refractivity contribution >= 4 is 22.9 Å². The summed E-state index contributed by atoms with van der Waals surface area (Å²) in [6.45, 7) is 4.25. The number of rotatable bonds is 5. The number of hydrogen-bond acceptors (Lipinski definition) is 4. The molecule has 2 aromatic rings. The number of halogens is 3. The summed E-state index contributed by atoms with van der Waals surface area (Å²) in [6.07, 6.45) is -1.47. The number of likely N-dealkylation sites (N-methyl/N-ethyl adjacent to an activating group) is 1. The molecule has 9 heteroatoms. The first-order valence-corrected chi connectivity index (χ1v) is 9.69. The highest BCUT2D eigenvalue weighted by Gasteiger charge is 2.33. The predicted octanol–water partition coefficient (Wildman–Crippen LogP) is 4.48. The number of nitriles is 1. The highest BCUT2D eigenvalue weighted by atomic mass is 19.4. The molecule has 1 heterocycles. The van der Waals surface area contributed by atoms with Crippen LogP contribution in [0.4, 0.5) is 19.1 Å². The monoisotopic (exact) mass is 409 g/mol. The summed E-state index contributed by atoms with van der Waals surface area (Å²) in [7, 11) is 1.26. The Bertz CT molecular complexity index is 896. The molecule has 0 saturated heterocycles. The number of nitrogens with one attached hydrogen (secondary N) is 1. The lowest BCUT2D eigenvalue weighted by atomic mass is 9.92. The van der Waals surface area contributed by atoms with E-state index in [0.717, 1.165) is 29.7 Å². The van der Waals surface area contributed by atoms with Crippen molar-refractivity contribution in [2.75, 3.05) is 18.9 Å². The minimum atomic E-state index is -4.38. The summed E-state index contributed by atoms with van der Waals surface area (Å²) in [6, 6.07) is 6.33. The molecule has 158 valence electrons. The summed E-state index contributed by atoms with van der Waals surface area (Å²) in [4.78, 5) is 17.9. The molecule has 1 aromatic carbocycles. The normalized spacial score (nSPS) is 15.3. The molecule has 0 bridgehead atoms. The first kappa shape index (κ1) is 22.7. The third-order valence-electron chi connectivity index (χ3n) is 4.96. The van der Waals surface area contributed by atoms with Crippen LogP contribution in [0.3, 0.4) is 0 Å². The van der Waals surface area contributed by atoms with Gasteiger partial charge in [-0.1, -0.05) is 13.8 Å². The third-order valence-corrected chi connectivity index (χ3v) is 4.96. The summed E-state index contributed by atoms with van der Waals surface area (Å²) in [5.74, 6) is -0.250. The second-order valence-electron chi connectivity index (χ2n) is 6.90. The molecule has 0 spiro atoms. The molecule has 1 atom stereocenters. The van der Waals surface area contributed by atoms with Crippen LogP contribution in [0.15, 0.2) is 18.2 Å². The first-order valence-electron chi connectivity index (χ1n) is 9.69. The van der Waals surface area contributed by atoms with Crippen LogP contribution < -0.4 is 5.32 Å². The van der Waals surface area contributed by atoms with Crippen molar-refractivity contribution in [2.45, 2.75) is 58.3 Å². The van der Waals surface area contributed by atoms with E-state index >= 15 is 0 Å². The van der Waals surface area contributed by atoms with Crippen LogP contribution in [0.25, 0.3) is 11.0 Å². The minimum Gasteiger partial charge on any atom is -0.307 e. The van der Waals surface area contributed by atoms with Gasteiger partial charge in [0.2, 0.25) is 11.9 Å². The molecule has 1 N–H and O–H groups in total. The quantitative estimate of drug-likeness (QED) is 0.790. The van der Waals surface area contributed by atoms with Crippen LogP contribution in [0.2, 0.25) is 0 Å². The average Bonchev–Trinajstić information content (AvgIpc) is 2.97. The van der Waals surface area contributed by atoms with Crippen LogP contribution >= 0.6 is 0 Å². The second-order valence-corrected chi connectivity index (χ2v) is 6.90. The summed E-state index contributed by atoms with van der Waals surface area (Å²) in [5, 5.41) is 11.8. The van der Waals surface area contributed by atoms with E-state index in [9.17, 15) is 18.0 Å². The Balaban J connectivity index is 0.00000145. The number of benzene rings is 1. The van der Waals surface area contributed by atoms with Crippen LogP contribution in [-0.2, 0) is 4.79 Å². The van der Waals surface area contributed by atoms with Gasteiger partial charge in [-0.3, -0.25) is 15.0 Å². The van der Waals surface area contributed by atoms with Crippen LogP contribution in [0, 0.1) is 11.3 Å². The Hall–Kier alpha value is -2.60. The average molecular weight is 409 g/mol. The number of imidazole rings is 1. The van der Waals surface area contributed by atoms with E-state index in [-0.39, 0.29) is 6.04 Å². The highest BCUT2D eigenvalue weighted by Crippen LogP contribution is 2.37. The lowest BCUT2D eigenvalue weighted by Gasteiger charge is -2.30. The van der Waals surface area contributed by atoms with Crippen LogP contribution in [0.5, 0.6) is 0 Å². The fourth-order valence-corrected chi connectivity index (χ4v) is 3.10. The van der Waals surface area contributed by atoms with Gasteiger partial charge in [0.15, 0.2) is 0 Å². The van der Waals surface area contributed by atoms with Gasteiger partial charge in [0.1, 0.15) is 0 Å². The Kier molecular flexibility index (Phi) is 7.25. The number of anilines is 1. The molecule has 1 aliphatic carbocycles. The van der Waals surface area contributed by atoms with Gasteiger partial charge in [0.25, 0.3) is 0 Å². The largest absolute Gasteiger partial charge is 0.401 e. The van der Waals surface area contributed by atoms with Gasteiger partial charge in [0.05, 0.1) is 35.3 Å². The molecule has 3 rings (SSSR count). The van der Waals surface area contributed by atoms with Crippen LogP contribution in [-0.4, -0.2) is 46.2 Å². The zero-order valence-electron chi connectivity index (χ0n) is 17.0. The van der Waals surface area contributed by atoms with Gasteiger partial charge in [-0.05, 0) is 51.4 Å². The van der Waals surface area contributed by atoms with Crippen molar-refractivity contribution in [1.29, 1.82) is 5.26 Å².